The lowest BCUT2D eigenvalue weighted by Crippen LogP contribution is -2.54. The molecule has 2 heterocycles. The average Bonchev–Trinajstić information content (AvgIpc) is 3.45. The molecule has 1 saturated heterocycles. The molecule has 2 fully saturated rings. The Balaban J connectivity index is 1.40. The first-order valence-corrected chi connectivity index (χ1v) is 15.3. The lowest BCUT2D eigenvalue weighted by atomic mass is 9.89. The maximum Gasteiger partial charge on any atom is 0.407 e. The number of carbonyl (C=O) groups is 2. The Kier molecular flexibility index (Phi) is 10.0. The summed E-state index contributed by atoms with van der Waals surface area (Å²) in [5.74, 6) is 0.663. The summed E-state index contributed by atoms with van der Waals surface area (Å²) in [6.45, 7) is 6.54. The van der Waals surface area contributed by atoms with Gasteiger partial charge in [0.15, 0.2) is 5.69 Å². The van der Waals surface area contributed by atoms with Gasteiger partial charge in [-0.3, -0.25) is 4.79 Å². The molecule has 2 N–H and O–H groups in total. The number of benzene rings is 2. The molecule has 3 aromatic rings. The van der Waals surface area contributed by atoms with Gasteiger partial charge in [0, 0.05) is 42.7 Å². The Hall–Kier alpha value is -3.56. The molecule has 1 aromatic heterocycles. The van der Waals surface area contributed by atoms with Crippen molar-refractivity contribution in [2.75, 3.05) is 32.8 Å². The molecule has 0 bridgehead atoms. The van der Waals surface area contributed by atoms with Gasteiger partial charge in [-0.05, 0) is 44.4 Å². The van der Waals surface area contributed by atoms with Crippen molar-refractivity contribution in [3.63, 3.8) is 0 Å². The summed E-state index contributed by atoms with van der Waals surface area (Å²) in [6, 6.07) is 15.3. The number of hydrogen-bond acceptors (Lipinski definition) is 6. The minimum atomic E-state index is -0.411. The Morgan fingerprint density at radius 1 is 1.14 bits per heavy atom. The number of amides is 2. The van der Waals surface area contributed by atoms with E-state index in [0.717, 1.165) is 48.3 Å². The topological polar surface area (TPSA) is 97.7 Å². The van der Waals surface area contributed by atoms with Crippen LogP contribution in [0, 0.1) is 6.92 Å². The molecule has 10 heteroatoms. The van der Waals surface area contributed by atoms with Crippen LogP contribution in [0.4, 0.5) is 4.79 Å². The fourth-order valence-electron chi connectivity index (χ4n) is 6.04. The number of nitrogens with one attached hydrogen (secondary N) is 2. The molecule has 1 aliphatic carbocycles. The van der Waals surface area contributed by atoms with Gasteiger partial charge >= 0.3 is 6.09 Å². The van der Waals surface area contributed by atoms with Crippen LogP contribution in [-0.2, 0) is 4.74 Å². The van der Waals surface area contributed by atoms with E-state index in [4.69, 9.17) is 26.1 Å². The van der Waals surface area contributed by atoms with E-state index in [2.05, 4.69) is 15.2 Å². The predicted molar refractivity (Wildman–Crippen MR) is 163 cm³/mol. The number of rotatable bonds is 9. The van der Waals surface area contributed by atoms with Crippen LogP contribution in [0.15, 0.2) is 54.9 Å². The van der Waals surface area contributed by atoms with Gasteiger partial charge in [0.1, 0.15) is 5.75 Å². The monoisotopic (exact) mass is 593 g/mol. The van der Waals surface area contributed by atoms with Crippen molar-refractivity contribution in [1.29, 1.82) is 0 Å². The zero-order chi connectivity index (χ0) is 29.5. The van der Waals surface area contributed by atoms with Crippen LogP contribution in [0.5, 0.6) is 5.75 Å². The number of alkyl carbamates (subject to hydrolysis) is 1. The molecule has 224 valence electrons. The molecule has 0 unspecified atom stereocenters. The van der Waals surface area contributed by atoms with E-state index in [1.165, 1.54) is 0 Å². The van der Waals surface area contributed by atoms with Crippen molar-refractivity contribution < 1.29 is 19.1 Å². The van der Waals surface area contributed by atoms with E-state index in [1.807, 2.05) is 60.4 Å². The van der Waals surface area contributed by atoms with Crippen LogP contribution in [0.25, 0.3) is 11.3 Å². The summed E-state index contributed by atoms with van der Waals surface area (Å²) in [5.41, 5.74) is 3.15. The zero-order valence-electron chi connectivity index (χ0n) is 24.4. The van der Waals surface area contributed by atoms with E-state index in [9.17, 15) is 9.59 Å². The van der Waals surface area contributed by atoms with Gasteiger partial charge in [-0.2, -0.15) is 0 Å². The van der Waals surface area contributed by atoms with Gasteiger partial charge in [0.2, 0.25) is 0 Å². The summed E-state index contributed by atoms with van der Waals surface area (Å²) < 4.78 is 13.4. The number of halogens is 1. The van der Waals surface area contributed by atoms with Crippen molar-refractivity contribution >= 4 is 23.6 Å². The molecule has 3 atom stereocenters. The second-order valence-electron chi connectivity index (χ2n) is 10.9. The van der Waals surface area contributed by atoms with Crippen molar-refractivity contribution in [2.24, 2.45) is 0 Å². The molecular formula is C32H40ClN5O4. The summed E-state index contributed by atoms with van der Waals surface area (Å²) >= 11 is 6.17. The third kappa shape index (κ3) is 6.90. The summed E-state index contributed by atoms with van der Waals surface area (Å²) in [7, 11) is 0. The number of aryl methyl sites for hydroxylation is 1. The van der Waals surface area contributed by atoms with Crippen LogP contribution in [0.1, 0.15) is 61.1 Å². The van der Waals surface area contributed by atoms with Crippen LogP contribution in [0.3, 0.4) is 0 Å². The number of aromatic nitrogens is 2. The van der Waals surface area contributed by atoms with E-state index >= 15 is 0 Å². The molecule has 2 amide bonds. The van der Waals surface area contributed by atoms with Gasteiger partial charge in [0.25, 0.3) is 5.91 Å². The lowest BCUT2D eigenvalue weighted by molar-refractivity contribution is 0.0601. The van der Waals surface area contributed by atoms with Crippen LogP contribution in [0.2, 0.25) is 5.02 Å². The highest BCUT2D eigenvalue weighted by Gasteiger charge is 2.35. The van der Waals surface area contributed by atoms with E-state index in [-0.39, 0.29) is 24.0 Å². The van der Waals surface area contributed by atoms with Crippen LogP contribution in [-0.4, -0.2) is 71.4 Å². The normalized spacial score (nSPS) is 20.6. The number of hydrogen-bond donors (Lipinski definition) is 2. The third-order valence-electron chi connectivity index (χ3n) is 8.18. The molecule has 2 aliphatic rings. The maximum absolute atomic E-state index is 14.3. The Morgan fingerprint density at radius 2 is 1.95 bits per heavy atom. The van der Waals surface area contributed by atoms with Gasteiger partial charge in [0.05, 0.1) is 37.3 Å². The molecular weight excluding hydrogens is 554 g/mol. The van der Waals surface area contributed by atoms with Crippen molar-refractivity contribution in [1.82, 2.24) is 25.1 Å². The smallest absolute Gasteiger partial charge is 0.407 e. The van der Waals surface area contributed by atoms with Crippen LogP contribution >= 0.6 is 11.6 Å². The molecule has 0 spiro atoms. The van der Waals surface area contributed by atoms with Crippen molar-refractivity contribution in [2.45, 2.75) is 64.1 Å². The number of piperazine rings is 1. The predicted octanol–water partition coefficient (Wildman–Crippen LogP) is 5.62. The zero-order valence-corrected chi connectivity index (χ0v) is 25.1. The number of ether oxygens (including phenoxy) is 2. The van der Waals surface area contributed by atoms with Gasteiger partial charge in [-0.1, -0.05) is 60.8 Å². The summed E-state index contributed by atoms with van der Waals surface area (Å²) in [4.78, 5) is 33.3. The Labute approximate surface area is 252 Å². The number of nitrogens with zero attached hydrogens (tertiary/aromatic N) is 3. The molecule has 42 heavy (non-hydrogen) atoms. The van der Waals surface area contributed by atoms with E-state index in [1.54, 1.807) is 13.3 Å². The summed E-state index contributed by atoms with van der Waals surface area (Å²) in [6.07, 6.45) is 5.79. The Morgan fingerprint density at radius 3 is 2.76 bits per heavy atom. The lowest BCUT2D eigenvalue weighted by Gasteiger charge is -2.36. The molecule has 9 nitrogen and oxygen atoms in total. The molecule has 5 rings (SSSR count). The van der Waals surface area contributed by atoms with E-state index in [0.29, 0.717) is 50.0 Å². The minimum Gasteiger partial charge on any atom is -0.493 e. The van der Waals surface area contributed by atoms with Gasteiger partial charge < -0.3 is 29.6 Å². The first kappa shape index (κ1) is 29.9. The minimum absolute atomic E-state index is 0.0411. The van der Waals surface area contributed by atoms with Crippen LogP contribution < -0.4 is 15.4 Å². The molecule has 1 aliphatic heterocycles. The van der Waals surface area contributed by atoms with E-state index < -0.39 is 6.09 Å². The van der Waals surface area contributed by atoms with Crippen molar-refractivity contribution in [3.05, 3.63) is 71.1 Å². The summed E-state index contributed by atoms with van der Waals surface area (Å²) in [5, 5.41) is 7.13. The second-order valence-corrected chi connectivity index (χ2v) is 11.4. The molecule has 0 radical (unpaired) electrons. The average molecular weight is 594 g/mol. The molecule has 2 aromatic carbocycles. The quantitative estimate of drug-likeness (QED) is 0.334. The van der Waals surface area contributed by atoms with Gasteiger partial charge in [-0.25, -0.2) is 9.78 Å². The third-order valence-corrected chi connectivity index (χ3v) is 8.41. The second kappa shape index (κ2) is 14.1. The van der Waals surface area contributed by atoms with Crippen molar-refractivity contribution in [3.8, 4) is 17.0 Å². The standard InChI is InChI=1S/C32H40ClN5O4/c1-3-41-32(40)36-26-11-7-8-12-27(26)38-21-35-29(30(38)23-9-5-4-6-10-23)31(39)37-17-16-34-20-25(37)15-18-42-28-19-24(33)14-13-22(28)2/h4-6,9-10,13-14,19,21,25-27,34H,3,7-8,11-12,15-18,20H2,1-2H3,(H,36,40)/t25-,26+,27+/m1/s1. The van der Waals surface area contributed by atoms with Gasteiger partial charge in [-0.15, -0.1) is 0 Å². The number of imidazole rings is 1. The highest BCUT2D eigenvalue weighted by molar-refractivity contribution is 6.30. The first-order valence-electron chi connectivity index (χ1n) is 14.9. The maximum atomic E-state index is 14.3. The Bertz CT molecular complexity index is 1360. The largest absolute Gasteiger partial charge is 0.493 e. The first-order chi connectivity index (χ1) is 20.5. The molecule has 1 saturated carbocycles. The SMILES string of the molecule is CCOC(=O)N[C@H]1CCCC[C@@H]1n1cnc(C(=O)N2CCNC[C@H]2CCOc2cc(Cl)ccc2C)c1-c1ccccc1. The fraction of sp³-hybridized carbons (Fsp3) is 0.469. The highest BCUT2D eigenvalue weighted by atomic mass is 35.5. The fourth-order valence-corrected chi connectivity index (χ4v) is 6.21. The number of carbonyl (C=O) groups excluding carboxylic acids is 2. The highest BCUT2D eigenvalue weighted by Crippen LogP contribution is 2.35.